The smallest absolute Gasteiger partial charge is 0.383 e. The number of allylic oxidation sites excluding steroid dienone is 1. The maximum atomic E-state index is 13.1. The summed E-state index contributed by atoms with van der Waals surface area (Å²) in [5.41, 5.74) is -1.30. The molecule has 0 unspecified atom stereocenters. The summed E-state index contributed by atoms with van der Waals surface area (Å²) in [5, 5.41) is 22.2. The molecule has 0 bridgehead atoms. The molecule has 3 rings (SSSR count). The topological polar surface area (TPSA) is 107 Å². The molecule has 0 saturated heterocycles. The van der Waals surface area contributed by atoms with E-state index in [1.165, 1.54) is 41.4 Å². The van der Waals surface area contributed by atoms with Gasteiger partial charge in [0, 0.05) is 38.0 Å². The number of Topliss-reactive ketones (excluding diaryl/α,β-unsaturated/α-hetero) is 1. The molecule has 0 aliphatic rings. The lowest BCUT2D eigenvalue weighted by molar-refractivity contribution is -0.384. The summed E-state index contributed by atoms with van der Waals surface area (Å²) < 4.78 is 40.3. The Morgan fingerprint density at radius 3 is 2.52 bits per heavy atom. The van der Waals surface area contributed by atoms with Crippen LogP contribution in [-0.4, -0.2) is 49.9 Å². The second-order valence-corrected chi connectivity index (χ2v) is 6.61. The molecule has 0 atom stereocenters. The Kier molecular flexibility index (Phi) is 5.81. The number of carbonyl (C=O) groups excluding carboxylic acids is 1. The molecule has 0 aliphatic heterocycles. The highest BCUT2D eigenvalue weighted by atomic mass is 19.4. The van der Waals surface area contributed by atoms with Crippen LogP contribution in [0.25, 0.3) is 11.3 Å². The number of alkyl halides is 3. The minimum atomic E-state index is -4.62. The van der Waals surface area contributed by atoms with Crippen LogP contribution < -0.4 is 0 Å². The van der Waals surface area contributed by atoms with Crippen LogP contribution in [0.3, 0.4) is 0 Å². The third-order valence-electron chi connectivity index (χ3n) is 4.08. The zero-order valence-electron chi connectivity index (χ0n) is 16.2. The first kappa shape index (κ1) is 21.6. The molecule has 1 aromatic heterocycles. The lowest BCUT2D eigenvalue weighted by Gasteiger charge is -2.13. The maximum absolute atomic E-state index is 13.1. The summed E-state index contributed by atoms with van der Waals surface area (Å²) in [7, 11) is 3.22. The number of ketones is 1. The van der Waals surface area contributed by atoms with E-state index in [4.69, 9.17) is 0 Å². The maximum Gasteiger partial charge on any atom is 0.416 e. The van der Waals surface area contributed by atoms with Gasteiger partial charge >= 0.3 is 6.18 Å². The van der Waals surface area contributed by atoms with E-state index in [1.54, 1.807) is 14.1 Å². The Balaban J connectivity index is 2.11. The number of hydrogen-bond donors (Lipinski definition) is 0. The van der Waals surface area contributed by atoms with Crippen molar-refractivity contribution in [3.8, 4) is 5.69 Å². The molecule has 1 heterocycles. The summed E-state index contributed by atoms with van der Waals surface area (Å²) in [6.07, 6.45) is -3.26. The first-order valence-corrected chi connectivity index (χ1v) is 8.71. The Morgan fingerprint density at radius 2 is 1.87 bits per heavy atom. The number of nitro groups is 1. The number of benzene rings is 2. The van der Waals surface area contributed by atoms with Gasteiger partial charge in [0.05, 0.1) is 21.7 Å². The first-order valence-electron chi connectivity index (χ1n) is 8.71. The number of tetrazole rings is 1. The van der Waals surface area contributed by atoms with Gasteiger partial charge in [-0.3, -0.25) is 14.9 Å². The van der Waals surface area contributed by atoms with Crippen molar-refractivity contribution in [3.63, 3.8) is 0 Å². The van der Waals surface area contributed by atoms with Crippen LogP contribution in [-0.2, 0) is 6.18 Å². The van der Waals surface area contributed by atoms with Crippen molar-refractivity contribution in [2.45, 2.75) is 6.18 Å². The molecule has 0 aliphatic carbocycles. The van der Waals surface area contributed by atoms with E-state index < -0.39 is 22.4 Å². The van der Waals surface area contributed by atoms with Gasteiger partial charge in [-0.1, -0.05) is 18.2 Å². The van der Waals surface area contributed by atoms with E-state index in [0.29, 0.717) is 0 Å². The number of non-ortho nitro benzene ring substituents is 1. The summed E-state index contributed by atoms with van der Waals surface area (Å²) in [6, 6.07) is 9.39. The Labute approximate surface area is 173 Å². The van der Waals surface area contributed by atoms with Crippen molar-refractivity contribution >= 4 is 17.0 Å². The molecular weight excluding hydrogens is 417 g/mol. The Hall–Kier alpha value is -4.09. The molecule has 9 nitrogen and oxygen atoms in total. The lowest BCUT2D eigenvalue weighted by atomic mass is 10.0. The monoisotopic (exact) mass is 432 g/mol. The molecule has 160 valence electrons. The average molecular weight is 432 g/mol. The largest absolute Gasteiger partial charge is 0.416 e. The second-order valence-electron chi connectivity index (χ2n) is 6.61. The number of hydrogen-bond acceptors (Lipinski definition) is 7. The predicted molar refractivity (Wildman–Crippen MR) is 103 cm³/mol. The number of carbonyl (C=O) groups is 1. The van der Waals surface area contributed by atoms with Crippen LogP contribution >= 0.6 is 0 Å². The van der Waals surface area contributed by atoms with Crippen molar-refractivity contribution in [1.82, 2.24) is 25.1 Å². The van der Waals surface area contributed by atoms with Gasteiger partial charge in [-0.2, -0.15) is 17.9 Å². The first-order chi connectivity index (χ1) is 14.6. The number of halogens is 3. The molecule has 0 radical (unpaired) electrons. The minimum Gasteiger partial charge on any atom is -0.383 e. The van der Waals surface area contributed by atoms with E-state index >= 15 is 0 Å². The SMILES string of the molecule is CN(C)C=C(C(=O)c1cccc(C(F)(F)F)c1)c1nnnn1-c1cccc([N+](=O)[O-])c1. The van der Waals surface area contributed by atoms with Gasteiger partial charge in [0.2, 0.25) is 0 Å². The number of nitro benzene ring substituents is 1. The van der Waals surface area contributed by atoms with Crippen molar-refractivity contribution in [3.05, 3.63) is 81.8 Å². The summed E-state index contributed by atoms with van der Waals surface area (Å²) in [5.74, 6) is -0.835. The van der Waals surface area contributed by atoms with Crippen molar-refractivity contribution < 1.29 is 22.9 Å². The fourth-order valence-electron chi connectivity index (χ4n) is 2.74. The molecule has 12 heteroatoms. The predicted octanol–water partition coefficient (Wildman–Crippen LogP) is 3.37. The summed E-state index contributed by atoms with van der Waals surface area (Å²) in [6.45, 7) is 0. The number of aromatic nitrogens is 4. The van der Waals surface area contributed by atoms with Crippen LogP contribution in [0.2, 0.25) is 0 Å². The van der Waals surface area contributed by atoms with Crippen LogP contribution in [0.1, 0.15) is 21.7 Å². The quantitative estimate of drug-likeness (QED) is 0.254. The van der Waals surface area contributed by atoms with Gasteiger partial charge in [0.1, 0.15) is 0 Å². The molecule has 0 spiro atoms. The third-order valence-corrected chi connectivity index (χ3v) is 4.08. The Bertz CT molecular complexity index is 1170. The van der Waals surface area contributed by atoms with Crippen LogP contribution in [0.4, 0.5) is 18.9 Å². The van der Waals surface area contributed by atoms with E-state index in [0.717, 1.165) is 22.9 Å². The standard InChI is InChI=1S/C19H15F3N6O3/c1-26(2)11-16(17(29)12-5-3-6-13(9-12)19(20,21)22)18-23-24-25-27(18)14-7-4-8-15(10-14)28(30)31/h3-11H,1-2H3. The highest BCUT2D eigenvalue weighted by Crippen LogP contribution is 2.31. The highest BCUT2D eigenvalue weighted by molar-refractivity contribution is 6.28. The van der Waals surface area contributed by atoms with E-state index in [9.17, 15) is 28.1 Å². The lowest BCUT2D eigenvalue weighted by Crippen LogP contribution is -2.14. The molecule has 0 fully saturated rings. The van der Waals surface area contributed by atoms with E-state index in [1.807, 2.05) is 0 Å². The zero-order chi connectivity index (χ0) is 22.8. The van der Waals surface area contributed by atoms with Gasteiger partial charge in [-0.05, 0) is 28.6 Å². The summed E-state index contributed by atoms with van der Waals surface area (Å²) >= 11 is 0. The van der Waals surface area contributed by atoms with Gasteiger partial charge < -0.3 is 4.90 Å². The van der Waals surface area contributed by atoms with Gasteiger partial charge in [-0.15, -0.1) is 5.10 Å². The molecule has 2 aromatic carbocycles. The minimum absolute atomic E-state index is 0.0865. The van der Waals surface area contributed by atoms with E-state index in [2.05, 4.69) is 15.5 Å². The summed E-state index contributed by atoms with van der Waals surface area (Å²) in [4.78, 5) is 25.1. The molecule has 0 N–H and O–H groups in total. The van der Waals surface area contributed by atoms with Crippen molar-refractivity contribution in [2.75, 3.05) is 14.1 Å². The molecule has 0 amide bonds. The molecular formula is C19H15F3N6O3. The van der Waals surface area contributed by atoms with Crippen LogP contribution in [0.5, 0.6) is 0 Å². The molecule has 0 saturated carbocycles. The van der Waals surface area contributed by atoms with Crippen molar-refractivity contribution in [2.24, 2.45) is 0 Å². The van der Waals surface area contributed by atoms with Gasteiger partial charge in [0.15, 0.2) is 11.6 Å². The van der Waals surface area contributed by atoms with Crippen molar-refractivity contribution in [1.29, 1.82) is 0 Å². The third kappa shape index (κ3) is 4.74. The van der Waals surface area contributed by atoms with Gasteiger partial charge in [-0.25, -0.2) is 0 Å². The molecule has 31 heavy (non-hydrogen) atoms. The van der Waals surface area contributed by atoms with E-state index in [-0.39, 0.29) is 28.3 Å². The number of rotatable bonds is 6. The Morgan fingerprint density at radius 1 is 1.16 bits per heavy atom. The molecule has 3 aromatic rings. The normalized spacial score (nSPS) is 12.0. The fraction of sp³-hybridized carbons (Fsp3) is 0.158. The zero-order valence-corrected chi connectivity index (χ0v) is 16.2. The fourth-order valence-corrected chi connectivity index (χ4v) is 2.74. The number of nitrogens with zero attached hydrogens (tertiary/aromatic N) is 6. The second kappa shape index (κ2) is 8.34. The van der Waals surface area contributed by atoms with Crippen LogP contribution in [0, 0.1) is 10.1 Å². The van der Waals surface area contributed by atoms with Gasteiger partial charge in [0.25, 0.3) is 5.69 Å². The highest BCUT2D eigenvalue weighted by Gasteiger charge is 2.31. The van der Waals surface area contributed by atoms with Crippen LogP contribution in [0.15, 0.2) is 54.7 Å². The average Bonchev–Trinajstić information content (AvgIpc) is 3.20.